The first kappa shape index (κ1) is 21.8. The first-order valence-corrected chi connectivity index (χ1v) is 9.82. The van der Waals surface area contributed by atoms with Crippen molar-refractivity contribution in [1.29, 1.82) is 0 Å². The lowest BCUT2D eigenvalue weighted by atomic mass is 10.1. The zero-order valence-corrected chi connectivity index (χ0v) is 17.9. The van der Waals surface area contributed by atoms with Crippen molar-refractivity contribution in [3.8, 4) is 11.4 Å². The van der Waals surface area contributed by atoms with Crippen molar-refractivity contribution in [1.82, 2.24) is 9.99 Å². The van der Waals surface area contributed by atoms with Crippen LogP contribution in [-0.2, 0) is 0 Å². The van der Waals surface area contributed by atoms with Gasteiger partial charge in [-0.1, -0.05) is 6.07 Å². The van der Waals surface area contributed by atoms with Crippen molar-refractivity contribution in [3.05, 3.63) is 86.7 Å². The van der Waals surface area contributed by atoms with Crippen molar-refractivity contribution < 1.29 is 14.5 Å². The highest BCUT2D eigenvalue weighted by molar-refractivity contribution is 5.95. The fraction of sp³-hybridized carbons (Fsp3) is 0.217. The molecule has 1 heterocycles. The Labute approximate surface area is 180 Å². The van der Waals surface area contributed by atoms with Gasteiger partial charge in [0.05, 0.1) is 23.4 Å². The number of carbonyl (C=O) groups is 1. The maximum absolute atomic E-state index is 12.3. The Kier molecular flexibility index (Phi) is 6.49. The smallest absolute Gasteiger partial charge is 0.271 e. The van der Waals surface area contributed by atoms with Gasteiger partial charge in [0, 0.05) is 34.6 Å². The Morgan fingerprint density at radius 3 is 2.52 bits per heavy atom. The minimum atomic E-state index is -0.407. The average molecular weight is 420 g/mol. The molecule has 1 amide bonds. The van der Waals surface area contributed by atoms with Gasteiger partial charge in [-0.3, -0.25) is 14.9 Å². The van der Waals surface area contributed by atoms with Crippen molar-refractivity contribution in [2.24, 2.45) is 5.10 Å². The Morgan fingerprint density at radius 2 is 1.87 bits per heavy atom. The van der Waals surface area contributed by atoms with E-state index < -0.39 is 4.92 Å². The molecule has 0 unspecified atom stereocenters. The number of carbonyl (C=O) groups excluding carboxylic acids is 1. The number of hydrogen-bond acceptors (Lipinski definition) is 5. The summed E-state index contributed by atoms with van der Waals surface area (Å²) in [5.41, 5.74) is 7.25. The SMILES string of the molecule is CCOc1ccc(C(=O)N/N=C\c2cc(C)n(-c3cc([N+](=O)[O-])ccc3C)c2C)cc1. The molecule has 0 bridgehead atoms. The van der Waals surface area contributed by atoms with Crippen LogP contribution < -0.4 is 10.2 Å². The number of nitro benzene ring substituents is 1. The molecule has 8 heteroatoms. The number of hydrazone groups is 1. The summed E-state index contributed by atoms with van der Waals surface area (Å²) in [6, 6.07) is 13.5. The molecule has 0 atom stereocenters. The van der Waals surface area contributed by atoms with Gasteiger partial charge in [-0.2, -0.15) is 5.10 Å². The molecule has 31 heavy (non-hydrogen) atoms. The molecule has 0 saturated carbocycles. The number of nitrogens with zero attached hydrogens (tertiary/aromatic N) is 3. The standard InChI is InChI=1S/C23H24N4O4/c1-5-31-21-10-7-18(8-11-21)23(28)25-24-14-19-12-16(3)26(17(19)4)22-13-20(27(29)30)9-6-15(22)2/h6-14H,5H2,1-4H3,(H,25,28)/b24-14-. The molecule has 0 aliphatic rings. The third-order valence-corrected chi connectivity index (χ3v) is 4.91. The van der Waals surface area contributed by atoms with E-state index in [4.69, 9.17) is 4.74 Å². The number of nitrogens with one attached hydrogen (secondary N) is 1. The van der Waals surface area contributed by atoms with Crippen LogP contribution in [0.4, 0.5) is 5.69 Å². The second-order valence-electron chi connectivity index (χ2n) is 7.05. The van der Waals surface area contributed by atoms with Gasteiger partial charge >= 0.3 is 0 Å². The normalized spacial score (nSPS) is 11.0. The molecule has 0 aliphatic carbocycles. The Bertz CT molecular complexity index is 1150. The number of amides is 1. The third-order valence-electron chi connectivity index (χ3n) is 4.91. The van der Waals surface area contributed by atoms with Gasteiger partial charge in [-0.15, -0.1) is 0 Å². The molecule has 160 valence electrons. The Hall–Kier alpha value is -3.94. The van der Waals surface area contributed by atoms with Gasteiger partial charge in [0.15, 0.2) is 0 Å². The van der Waals surface area contributed by atoms with Gasteiger partial charge in [0.25, 0.3) is 11.6 Å². The van der Waals surface area contributed by atoms with Gasteiger partial charge in [-0.25, -0.2) is 5.43 Å². The molecule has 1 aromatic heterocycles. The first-order valence-electron chi connectivity index (χ1n) is 9.82. The topological polar surface area (TPSA) is 98.8 Å². The molecule has 0 aliphatic heterocycles. The lowest BCUT2D eigenvalue weighted by Crippen LogP contribution is -2.17. The Morgan fingerprint density at radius 1 is 1.16 bits per heavy atom. The lowest BCUT2D eigenvalue weighted by Gasteiger charge is -2.12. The number of aryl methyl sites for hydroxylation is 2. The second kappa shape index (κ2) is 9.25. The minimum Gasteiger partial charge on any atom is -0.494 e. The van der Waals surface area contributed by atoms with E-state index in [-0.39, 0.29) is 11.6 Å². The molecule has 0 saturated heterocycles. The number of nitro groups is 1. The van der Waals surface area contributed by atoms with Crippen LogP contribution in [0.3, 0.4) is 0 Å². The minimum absolute atomic E-state index is 0.0333. The van der Waals surface area contributed by atoms with Crippen LogP contribution in [0, 0.1) is 30.9 Å². The number of hydrogen-bond donors (Lipinski definition) is 1. The van der Waals surface area contributed by atoms with E-state index in [0.717, 1.165) is 28.2 Å². The highest BCUT2D eigenvalue weighted by Gasteiger charge is 2.15. The van der Waals surface area contributed by atoms with E-state index in [1.807, 2.05) is 38.3 Å². The summed E-state index contributed by atoms with van der Waals surface area (Å²) in [5, 5.41) is 15.2. The van der Waals surface area contributed by atoms with Gasteiger partial charge in [-0.05, 0) is 63.6 Å². The van der Waals surface area contributed by atoms with E-state index in [1.165, 1.54) is 6.07 Å². The van der Waals surface area contributed by atoms with Crippen LogP contribution in [-0.4, -0.2) is 28.2 Å². The van der Waals surface area contributed by atoms with Gasteiger partial charge in [0.2, 0.25) is 0 Å². The van der Waals surface area contributed by atoms with Crippen molar-refractivity contribution in [3.63, 3.8) is 0 Å². The summed E-state index contributed by atoms with van der Waals surface area (Å²) >= 11 is 0. The van der Waals surface area contributed by atoms with Crippen LogP contribution in [0.5, 0.6) is 5.75 Å². The van der Waals surface area contributed by atoms with E-state index in [9.17, 15) is 14.9 Å². The quantitative estimate of drug-likeness (QED) is 0.346. The van der Waals surface area contributed by atoms with E-state index in [1.54, 1.807) is 42.6 Å². The van der Waals surface area contributed by atoms with Crippen LogP contribution in [0.15, 0.2) is 53.6 Å². The summed E-state index contributed by atoms with van der Waals surface area (Å²) in [6.45, 7) is 8.18. The van der Waals surface area contributed by atoms with Gasteiger partial charge in [0.1, 0.15) is 5.75 Å². The summed E-state index contributed by atoms with van der Waals surface area (Å²) in [5.74, 6) is 0.370. The van der Waals surface area contributed by atoms with Crippen LogP contribution in [0.1, 0.15) is 39.8 Å². The predicted octanol–water partition coefficient (Wildman–Crippen LogP) is 4.47. The predicted molar refractivity (Wildman–Crippen MR) is 119 cm³/mol. The number of non-ortho nitro benzene ring substituents is 1. The van der Waals surface area contributed by atoms with E-state index in [0.29, 0.717) is 17.9 Å². The summed E-state index contributed by atoms with van der Waals surface area (Å²) in [7, 11) is 0. The number of aromatic nitrogens is 1. The zero-order valence-electron chi connectivity index (χ0n) is 17.9. The molecular formula is C23H24N4O4. The molecule has 2 aromatic carbocycles. The molecule has 0 radical (unpaired) electrons. The van der Waals surface area contributed by atoms with Crippen LogP contribution in [0.2, 0.25) is 0 Å². The number of rotatable bonds is 7. The zero-order chi connectivity index (χ0) is 22.5. The fourth-order valence-corrected chi connectivity index (χ4v) is 3.34. The van der Waals surface area contributed by atoms with Crippen molar-refractivity contribution in [2.45, 2.75) is 27.7 Å². The van der Waals surface area contributed by atoms with E-state index >= 15 is 0 Å². The summed E-state index contributed by atoms with van der Waals surface area (Å²) in [4.78, 5) is 23.1. The summed E-state index contributed by atoms with van der Waals surface area (Å²) in [6.07, 6.45) is 1.57. The van der Waals surface area contributed by atoms with Gasteiger partial charge < -0.3 is 9.30 Å². The largest absolute Gasteiger partial charge is 0.494 e. The molecule has 3 rings (SSSR count). The molecule has 8 nitrogen and oxygen atoms in total. The number of ether oxygens (including phenoxy) is 1. The lowest BCUT2D eigenvalue weighted by molar-refractivity contribution is -0.384. The maximum Gasteiger partial charge on any atom is 0.271 e. The molecule has 0 fully saturated rings. The Balaban J connectivity index is 1.79. The highest BCUT2D eigenvalue weighted by Crippen LogP contribution is 2.26. The van der Waals surface area contributed by atoms with E-state index in [2.05, 4.69) is 10.5 Å². The molecule has 3 aromatic rings. The molecule has 1 N–H and O–H groups in total. The fourth-order valence-electron chi connectivity index (χ4n) is 3.34. The van der Waals surface area contributed by atoms with Crippen molar-refractivity contribution >= 4 is 17.8 Å². The molecular weight excluding hydrogens is 396 g/mol. The first-order chi connectivity index (χ1) is 14.8. The van der Waals surface area contributed by atoms with Crippen LogP contribution in [0.25, 0.3) is 5.69 Å². The van der Waals surface area contributed by atoms with Crippen molar-refractivity contribution in [2.75, 3.05) is 6.61 Å². The summed E-state index contributed by atoms with van der Waals surface area (Å²) < 4.78 is 7.31. The number of benzene rings is 2. The molecule has 0 spiro atoms. The second-order valence-corrected chi connectivity index (χ2v) is 7.05. The average Bonchev–Trinajstić information content (AvgIpc) is 3.02. The monoisotopic (exact) mass is 420 g/mol. The van der Waals surface area contributed by atoms with Crippen LogP contribution >= 0.6 is 0 Å². The maximum atomic E-state index is 12.3. The third kappa shape index (κ3) is 4.80. The highest BCUT2D eigenvalue weighted by atomic mass is 16.6.